The molecular weight excluding hydrogens is 376 g/mol. The highest BCUT2D eigenvalue weighted by atomic mass is 35.5. The number of halogens is 1. The summed E-state index contributed by atoms with van der Waals surface area (Å²) in [5.74, 6) is 1.42. The normalized spacial score (nSPS) is 12.1. The molecule has 2 heterocycles. The van der Waals surface area contributed by atoms with E-state index in [1.165, 1.54) is 6.33 Å². The summed E-state index contributed by atoms with van der Waals surface area (Å²) in [7, 11) is 0. The van der Waals surface area contributed by atoms with Crippen LogP contribution in [0.5, 0.6) is 0 Å². The minimum absolute atomic E-state index is 0.229. The quantitative estimate of drug-likeness (QED) is 0.550. The summed E-state index contributed by atoms with van der Waals surface area (Å²) in [5.41, 5.74) is 6.74. The highest BCUT2D eigenvalue weighted by molar-refractivity contribution is 6.35. The van der Waals surface area contributed by atoms with Gasteiger partial charge in [-0.25, -0.2) is 15.0 Å². The minimum atomic E-state index is -0.342. The van der Waals surface area contributed by atoms with Gasteiger partial charge in [0.2, 0.25) is 0 Å². The molecule has 0 aliphatic heterocycles. The molecule has 4 rings (SSSR count). The van der Waals surface area contributed by atoms with E-state index in [-0.39, 0.29) is 11.6 Å². The summed E-state index contributed by atoms with van der Waals surface area (Å²) in [6, 6.07) is 15.8. The Labute approximate surface area is 165 Å². The molecule has 0 unspecified atom stereocenters. The van der Waals surface area contributed by atoms with Crippen LogP contribution in [0.15, 0.2) is 65.7 Å². The van der Waals surface area contributed by atoms with Gasteiger partial charge < -0.3 is 11.1 Å². The Morgan fingerprint density at radius 2 is 1.89 bits per heavy atom. The Morgan fingerprint density at radius 3 is 2.64 bits per heavy atom. The average Bonchev–Trinajstić information content (AvgIpc) is 2.68. The molecular formula is C20H17ClN6O. The summed E-state index contributed by atoms with van der Waals surface area (Å²) >= 11 is 6.30. The van der Waals surface area contributed by atoms with E-state index in [1.807, 2.05) is 37.3 Å². The van der Waals surface area contributed by atoms with Crippen molar-refractivity contribution in [1.82, 2.24) is 19.5 Å². The van der Waals surface area contributed by atoms with E-state index in [4.69, 9.17) is 22.3 Å². The van der Waals surface area contributed by atoms with Crippen LogP contribution in [-0.4, -0.2) is 19.5 Å². The van der Waals surface area contributed by atoms with Gasteiger partial charge in [-0.05, 0) is 31.2 Å². The number of anilines is 2. The van der Waals surface area contributed by atoms with E-state index in [1.54, 1.807) is 28.8 Å². The predicted molar refractivity (Wildman–Crippen MR) is 111 cm³/mol. The highest BCUT2D eigenvalue weighted by Crippen LogP contribution is 2.24. The molecule has 0 radical (unpaired) electrons. The van der Waals surface area contributed by atoms with Crippen molar-refractivity contribution in [2.75, 3.05) is 11.1 Å². The van der Waals surface area contributed by atoms with Gasteiger partial charge in [0.1, 0.15) is 23.8 Å². The number of fused-ring (bicyclic) bond motifs is 1. The molecule has 0 saturated carbocycles. The lowest BCUT2D eigenvalue weighted by Gasteiger charge is -2.20. The maximum absolute atomic E-state index is 13.3. The minimum Gasteiger partial charge on any atom is -0.384 e. The SMILES string of the molecule is C[C@@H](Nc1cc(N)ncn1)c1nc2cccc(Cl)c2c(=O)n1-c1ccccc1. The summed E-state index contributed by atoms with van der Waals surface area (Å²) in [4.78, 5) is 26.1. The number of hydrogen-bond acceptors (Lipinski definition) is 6. The second kappa shape index (κ2) is 7.28. The van der Waals surface area contributed by atoms with Crippen molar-refractivity contribution in [3.63, 3.8) is 0 Å². The molecule has 0 spiro atoms. The van der Waals surface area contributed by atoms with Crippen LogP contribution in [0.4, 0.5) is 11.6 Å². The van der Waals surface area contributed by atoms with Gasteiger partial charge in [0.05, 0.1) is 27.7 Å². The third kappa shape index (κ3) is 3.27. The lowest BCUT2D eigenvalue weighted by molar-refractivity contribution is 0.731. The van der Waals surface area contributed by atoms with Gasteiger partial charge in [-0.1, -0.05) is 35.9 Å². The first kappa shape index (κ1) is 17.9. The molecule has 140 valence electrons. The van der Waals surface area contributed by atoms with Crippen molar-refractivity contribution in [3.8, 4) is 5.69 Å². The predicted octanol–water partition coefficient (Wildman–Crippen LogP) is 3.58. The van der Waals surface area contributed by atoms with E-state index in [9.17, 15) is 4.79 Å². The van der Waals surface area contributed by atoms with E-state index in [0.717, 1.165) is 0 Å². The lowest BCUT2D eigenvalue weighted by atomic mass is 10.2. The topological polar surface area (TPSA) is 98.7 Å². The number of nitrogens with one attached hydrogen (secondary N) is 1. The number of nitrogens with two attached hydrogens (primary N) is 1. The fourth-order valence-electron chi connectivity index (χ4n) is 3.06. The molecule has 2 aromatic heterocycles. The lowest BCUT2D eigenvalue weighted by Crippen LogP contribution is -2.27. The monoisotopic (exact) mass is 392 g/mol. The van der Waals surface area contributed by atoms with Crippen LogP contribution < -0.4 is 16.6 Å². The van der Waals surface area contributed by atoms with Gasteiger partial charge in [-0.3, -0.25) is 9.36 Å². The van der Waals surface area contributed by atoms with E-state index < -0.39 is 0 Å². The van der Waals surface area contributed by atoms with Gasteiger partial charge in [0.15, 0.2) is 0 Å². The molecule has 0 fully saturated rings. The molecule has 4 aromatic rings. The van der Waals surface area contributed by atoms with Gasteiger partial charge in [-0.2, -0.15) is 0 Å². The Kier molecular flexibility index (Phi) is 4.67. The zero-order chi connectivity index (χ0) is 19.7. The Morgan fingerprint density at radius 1 is 1.11 bits per heavy atom. The molecule has 0 bridgehead atoms. The smallest absolute Gasteiger partial charge is 0.267 e. The number of nitrogen functional groups attached to an aromatic ring is 1. The van der Waals surface area contributed by atoms with Crippen molar-refractivity contribution in [3.05, 3.63) is 82.1 Å². The number of rotatable bonds is 4. The summed E-state index contributed by atoms with van der Waals surface area (Å²) in [6.45, 7) is 1.90. The molecule has 0 aliphatic rings. The Hall–Kier alpha value is -3.45. The molecule has 7 nitrogen and oxygen atoms in total. The first-order chi connectivity index (χ1) is 13.5. The van der Waals surface area contributed by atoms with Gasteiger partial charge in [0.25, 0.3) is 5.56 Å². The molecule has 0 saturated heterocycles. The zero-order valence-corrected chi connectivity index (χ0v) is 15.8. The average molecular weight is 393 g/mol. The van der Waals surface area contributed by atoms with Gasteiger partial charge >= 0.3 is 0 Å². The fraction of sp³-hybridized carbons (Fsp3) is 0.100. The van der Waals surface area contributed by atoms with E-state index in [0.29, 0.717) is 39.1 Å². The second-order valence-electron chi connectivity index (χ2n) is 6.27. The van der Waals surface area contributed by atoms with Crippen LogP contribution in [0, 0.1) is 0 Å². The molecule has 28 heavy (non-hydrogen) atoms. The molecule has 2 aromatic carbocycles. The molecule has 8 heteroatoms. The highest BCUT2D eigenvalue weighted by Gasteiger charge is 2.19. The number of hydrogen-bond donors (Lipinski definition) is 2. The zero-order valence-electron chi connectivity index (χ0n) is 15.0. The Bertz CT molecular complexity index is 1210. The van der Waals surface area contributed by atoms with Crippen molar-refractivity contribution >= 4 is 34.1 Å². The first-order valence-electron chi connectivity index (χ1n) is 8.65. The van der Waals surface area contributed by atoms with Crippen molar-refractivity contribution in [2.45, 2.75) is 13.0 Å². The van der Waals surface area contributed by atoms with Gasteiger partial charge in [0, 0.05) is 6.07 Å². The van der Waals surface area contributed by atoms with Crippen LogP contribution in [0.2, 0.25) is 5.02 Å². The number of aromatic nitrogens is 4. The van der Waals surface area contributed by atoms with Crippen LogP contribution in [-0.2, 0) is 0 Å². The molecule has 1 atom stereocenters. The third-order valence-electron chi connectivity index (χ3n) is 4.33. The number of nitrogens with zero attached hydrogens (tertiary/aromatic N) is 4. The maximum Gasteiger partial charge on any atom is 0.267 e. The van der Waals surface area contributed by atoms with Crippen LogP contribution in [0.3, 0.4) is 0 Å². The van der Waals surface area contributed by atoms with E-state index in [2.05, 4.69) is 15.3 Å². The maximum atomic E-state index is 13.3. The number of para-hydroxylation sites is 1. The first-order valence-corrected chi connectivity index (χ1v) is 9.03. The summed E-state index contributed by atoms with van der Waals surface area (Å²) < 4.78 is 1.57. The fourth-order valence-corrected chi connectivity index (χ4v) is 3.31. The van der Waals surface area contributed by atoms with E-state index >= 15 is 0 Å². The Balaban J connectivity index is 1.92. The van der Waals surface area contributed by atoms with Crippen molar-refractivity contribution in [2.24, 2.45) is 0 Å². The molecule has 0 amide bonds. The summed E-state index contributed by atoms with van der Waals surface area (Å²) in [5, 5.41) is 3.98. The third-order valence-corrected chi connectivity index (χ3v) is 4.64. The van der Waals surface area contributed by atoms with Crippen LogP contribution in [0.1, 0.15) is 18.8 Å². The second-order valence-corrected chi connectivity index (χ2v) is 6.68. The summed E-state index contributed by atoms with van der Waals surface area (Å²) in [6.07, 6.45) is 1.38. The molecule has 0 aliphatic carbocycles. The van der Waals surface area contributed by atoms with Crippen molar-refractivity contribution in [1.29, 1.82) is 0 Å². The standard InChI is InChI=1S/C20H17ClN6O/c1-12(25-17-10-16(22)23-11-24-17)19-26-15-9-5-8-14(21)18(15)20(28)27(19)13-6-3-2-4-7-13/h2-12H,1H3,(H3,22,23,24,25)/t12-/m1/s1. The van der Waals surface area contributed by atoms with Crippen LogP contribution in [0.25, 0.3) is 16.6 Å². The number of benzene rings is 2. The molecule has 3 N–H and O–H groups in total. The largest absolute Gasteiger partial charge is 0.384 e. The van der Waals surface area contributed by atoms with Gasteiger partial charge in [-0.15, -0.1) is 0 Å². The van der Waals surface area contributed by atoms with Crippen LogP contribution >= 0.6 is 11.6 Å². The van der Waals surface area contributed by atoms with Crippen molar-refractivity contribution < 1.29 is 0 Å².